The van der Waals surface area contributed by atoms with Crippen LogP contribution in [0, 0.1) is 10.1 Å². The molecule has 1 aliphatic rings. The number of rotatable bonds is 1. The second kappa shape index (κ2) is 3.41. The summed E-state index contributed by atoms with van der Waals surface area (Å²) in [6.45, 7) is 0. The summed E-state index contributed by atoms with van der Waals surface area (Å²) < 4.78 is 0. The van der Waals surface area contributed by atoms with Gasteiger partial charge in [0.1, 0.15) is 5.69 Å². The molecule has 0 unspecified atom stereocenters. The quantitative estimate of drug-likeness (QED) is 0.490. The van der Waals surface area contributed by atoms with E-state index in [-0.39, 0.29) is 5.82 Å². The fourth-order valence-corrected chi connectivity index (χ4v) is 1.61. The molecule has 0 aliphatic carbocycles. The number of nitro groups is 1. The summed E-state index contributed by atoms with van der Waals surface area (Å²) in [4.78, 5) is 18.1. The molecule has 3 heterocycles. The van der Waals surface area contributed by atoms with Crippen molar-refractivity contribution in [1.82, 2.24) is 9.97 Å². The molecule has 7 heteroatoms. The van der Waals surface area contributed by atoms with Gasteiger partial charge in [0.2, 0.25) is 0 Å². The van der Waals surface area contributed by atoms with Crippen LogP contribution >= 0.6 is 0 Å². The molecule has 0 fully saturated rings. The van der Waals surface area contributed by atoms with Gasteiger partial charge in [-0.3, -0.25) is 0 Å². The lowest BCUT2D eigenvalue weighted by Crippen LogP contribution is -2.09. The van der Waals surface area contributed by atoms with Crippen molar-refractivity contribution in [3.05, 3.63) is 40.6 Å². The van der Waals surface area contributed by atoms with E-state index >= 15 is 0 Å². The minimum absolute atomic E-state index is 0.189. The molecule has 0 spiro atoms. The first kappa shape index (κ1) is 9.52. The van der Waals surface area contributed by atoms with Crippen molar-refractivity contribution < 1.29 is 4.92 Å². The lowest BCUT2D eigenvalue weighted by molar-refractivity contribution is -0.389. The van der Waals surface area contributed by atoms with Crippen molar-refractivity contribution in [1.29, 1.82) is 0 Å². The Bertz CT molecular complexity index is 613. The van der Waals surface area contributed by atoms with E-state index in [1.54, 1.807) is 18.3 Å². The smallest absolute Gasteiger partial charge is 0.358 e. The van der Waals surface area contributed by atoms with Gasteiger partial charge in [0.15, 0.2) is 5.82 Å². The lowest BCUT2D eigenvalue weighted by atomic mass is 10.2. The molecule has 0 bridgehead atoms. The lowest BCUT2D eigenvalue weighted by Gasteiger charge is -2.17. The van der Waals surface area contributed by atoms with Crippen molar-refractivity contribution >= 4 is 28.8 Å². The van der Waals surface area contributed by atoms with Crippen molar-refractivity contribution in [3.8, 4) is 0 Å². The van der Waals surface area contributed by atoms with Gasteiger partial charge in [-0.25, -0.2) is 4.98 Å². The zero-order valence-corrected chi connectivity index (χ0v) is 8.54. The van der Waals surface area contributed by atoms with Gasteiger partial charge in [-0.2, -0.15) is 0 Å². The molecule has 3 rings (SSSR count). The van der Waals surface area contributed by atoms with Crippen LogP contribution in [-0.4, -0.2) is 14.9 Å². The highest BCUT2D eigenvalue weighted by Gasteiger charge is 2.21. The van der Waals surface area contributed by atoms with E-state index in [1.165, 1.54) is 6.07 Å². The summed E-state index contributed by atoms with van der Waals surface area (Å²) in [5.41, 5.74) is 1.41. The minimum atomic E-state index is -0.527. The normalized spacial score (nSPS) is 11.8. The molecular weight excluding hydrogens is 222 g/mol. The summed E-state index contributed by atoms with van der Waals surface area (Å²) in [7, 11) is 0. The molecule has 0 atom stereocenters. The van der Waals surface area contributed by atoms with Gasteiger partial charge in [0, 0.05) is 12.3 Å². The van der Waals surface area contributed by atoms with Gasteiger partial charge in [-0.15, -0.1) is 0 Å². The number of anilines is 4. The van der Waals surface area contributed by atoms with Gasteiger partial charge in [-0.05, 0) is 28.1 Å². The zero-order chi connectivity index (χ0) is 11.8. The van der Waals surface area contributed by atoms with Crippen molar-refractivity contribution in [2.45, 2.75) is 0 Å². The zero-order valence-electron chi connectivity index (χ0n) is 8.54. The minimum Gasteiger partial charge on any atom is -0.358 e. The Morgan fingerprint density at radius 2 is 1.88 bits per heavy atom. The number of nitrogens with zero attached hydrogens (tertiary/aromatic N) is 3. The Balaban J connectivity index is 2.06. The molecule has 84 valence electrons. The van der Waals surface area contributed by atoms with Crippen LogP contribution in [-0.2, 0) is 0 Å². The molecule has 1 aliphatic heterocycles. The Morgan fingerprint density at radius 1 is 1.12 bits per heavy atom. The van der Waals surface area contributed by atoms with E-state index in [1.807, 2.05) is 6.07 Å². The van der Waals surface area contributed by atoms with Crippen LogP contribution in [0.3, 0.4) is 0 Å². The third-order valence-corrected chi connectivity index (χ3v) is 2.38. The van der Waals surface area contributed by atoms with E-state index < -0.39 is 4.92 Å². The SMILES string of the molecule is O=[N+]([O-])c1ccc2c(n1)Nc1cccnc1N2. The number of aromatic nitrogens is 2. The maximum atomic E-state index is 10.6. The van der Waals surface area contributed by atoms with E-state index in [4.69, 9.17) is 0 Å². The molecule has 7 nitrogen and oxygen atoms in total. The summed E-state index contributed by atoms with van der Waals surface area (Å²) in [5.74, 6) is 0.917. The van der Waals surface area contributed by atoms with Crippen molar-refractivity contribution in [2.24, 2.45) is 0 Å². The Labute approximate surface area is 95.7 Å². The van der Waals surface area contributed by atoms with E-state index in [9.17, 15) is 10.1 Å². The Morgan fingerprint density at radius 3 is 2.71 bits per heavy atom. The maximum absolute atomic E-state index is 10.6. The van der Waals surface area contributed by atoms with Gasteiger partial charge in [0.25, 0.3) is 5.82 Å². The van der Waals surface area contributed by atoms with Gasteiger partial charge < -0.3 is 20.7 Å². The van der Waals surface area contributed by atoms with Crippen LogP contribution in [0.5, 0.6) is 0 Å². The molecule has 2 N–H and O–H groups in total. The molecule has 0 saturated heterocycles. The standard InChI is InChI=1S/C10H7N5O2/c16-15(17)8-4-3-7-10(14-8)13-6-2-1-5-11-9(6)12-7/h1-5H,(H,11,12)(H,13,14). The summed E-state index contributed by atoms with van der Waals surface area (Å²) in [5, 5.41) is 16.7. The fourth-order valence-electron chi connectivity index (χ4n) is 1.61. The molecule has 2 aromatic rings. The number of hydrogen-bond donors (Lipinski definition) is 2. The van der Waals surface area contributed by atoms with Crippen LogP contribution in [0.1, 0.15) is 0 Å². The Hall–Kier alpha value is -2.70. The third-order valence-electron chi connectivity index (χ3n) is 2.38. The van der Waals surface area contributed by atoms with Gasteiger partial charge >= 0.3 is 5.82 Å². The van der Waals surface area contributed by atoms with Crippen molar-refractivity contribution in [2.75, 3.05) is 10.6 Å². The average Bonchev–Trinajstić information content (AvgIpc) is 2.35. The largest absolute Gasteiger partial charge is 0.365 e. The highest BCUT2D eigenvalue weighted by atomic mass is 16.6. The maximum Gasteiger partial charge on any atom is 0.365 e. The van der Waals surface area contributed by atoms with Crippen LogP contribution in [0.15, 0.2) is 30.5 Å². The van der Waals surface area contributed by atoms with E-state index in [0.717, 1.165) is 5.69 Å². The average molecular weight is 229 g/mol. The third kappa shape index (κ3) is 1.53. The first-order valence-electron chi connectivity index (χ1n) is 4.88. The Kier molecular flexibility index (Phi) is 1.91. The van der Waals surface area contributed by atoms with Crippen LogP contribution in [0.25, 0.3) is 0 Å². The van der Waals surface area contributed by atoms with Crippen LogP contribution in [0.2, 0.25) is 0 Å². The predicted octanol–water partition coefficient (Wildman–Crippen LogP) is 2.19. The number of hydrogen-bond acceptors (Lipinski definition) is 6. The first-order valence-corrected chi connectivity index (χ1v) is 4.88. The molecule has 0 amide bonds. The second-order valence-corrected chi connectivity index (χ2v) is 3.47. The monoisotopic (exact) mass is 229 g/mol. The molecule has 0 radical (unpaired) electrons. The van der Waals surface area contributed by atoms with Crippen LogP contribution in [0.4, 0.5) is 28.8 Å². The molecular formula is C10H7N5O2. The predicted molar refractivity (Wildman–Crippen MR) is 61.7 cm³/mol. The first-order chi connectivity index (χ1) is 8.24. The van der Waals surface area contributed by atoms with E-state index in [2.05, 4.69) is 20.6 Å². The fraction of sp³-hybridized carbons (Fsp3) is 0. The molecule has 2 aromatic heterocycles. The molecule has 0 aromatic carbocycles. The highest BCUT2D eigenvalue weighted by Crippen LogP contribution is 2.36. The topological polar surface area (TPSA) is 93.0 Å². The number of nitrogens with one attached hydrogen (secondary N) is 2. The number of pyridine rings is 2. The molecule has 17 heavy (non-hydrogen) atoms. The van der Waals surface area contributed by atoms with Gasteiger partial charge in [-0.1, -0.05) is 0 Å². The van der Waals surface area contributed by atoms with E-state index in [0.29, 0.717) is 17.3 Å². The summed E-state index contributed by atoms with van der Waals surface area (Å²) in [6, 6.07) is 6.54. The summed E-state index contributed by atoms with van der Waals surface area (Å²) >= 11 is 0. The second-order valence-electron chi connectivity index (χ2n) is 3.47. The molecule has 0 saturated carbocycles. The van der Waals surface area contributed by atoms with Gasteiger partial charge in [0.05, 0.1) is 5.69 Å². The summed E-state index contributed by atoms with van der Waals surface area (Å²) in [6.07, 6.45) is 1.66. The highest BCUT2D eigenvalue weighted by molar-refractivity contribution is 5.86. The van der Waals surface area contributed by atoms with Crippen molar-refractivity contribution in [3.63, 3.8) is 0 Å². The van der Waals surface area contributed by atoms with Crippen LogP contribution < -0.4 is 10.6 Å². The number of fused-ring (bicyclic) bond motifs is 2.